The second kappa shape index (κ2) is 6.37. The van der Waals surface area contributed by atoms with Crippen LogP contribution in [0.1, 0.15) is 18.9 Å². The Bertz CT molecular complexity index is 887. The summed E-state index contributed by atoms with van der Waals surface area (Å²) in [5.74, 6) is -2.36. The highest BCUT2D eigenvalue weighted by molar-refractivity contribution is 6.31. The molecule has 0 saturated carbocycles. The largest absolute Gasteiger partial charge is 0.480 e. The second-order valence-electron chi connectivity index (χ2n) is 6.47. The van der Waals surface area contributed by atoms with E-state index in [0.717, 1.165) is 0 Å². The van der Waals surface area contributed by atoms with Gasteiger partial charge in [-0.05, 0) is 49.4 Å². The van der Waals surface area contributed by atoms with E-state index in [-0.39, 0.29) is 6.42 Å². The van der Waals surface area contributed by atoms with Gasteiger partial charge in [0.1, 0.15) is 5.54 Å². The van der Waals surface area contributed by atoms with Crippen molar-refractivity contribution in [3.05, 3.63) is 58.1 Å². The van der Waals surface area contributed by atoms with Crippen LogP contribution in [-0.2, 0) is 15.1 Å². The number of rotatable bonds is 4. The molecule has 2 atom stereocenters. The van der Waals surface area contributed by atoms with Crippen molar-refractivity contribution in [2.45, 2.75) is 24.4 Å². The van der Waals surface area contributed by atoms with E-state index >= 15 is 0 Å². The van der Waals surface area contributed by atoms with E-state index in [1.165, 1.54) is 13.0 Å². The van der Waals surface area contributed by atoms with Crippen molar-refractivity contribution in [1.29, 1.82) is 0 Å². The fourth-order valence-electron chi connectivity index (χ4n) is 3.21. The lowest BCUT2D eigenvalue weighted by Gasteiger charge is -2.44. The van der Waals surface area contributed by atoms with Crippen molar-refractivity contribution >= 4 is 46.5 Å². The molecule has 0 amide bonds. The Morgan fingerprint density at radius 1 is 1.04 bits per heavy atom. The van der Waals surface area contributed by atoms with Gasteiger partial charge in [-0.25, -0.2) is 9.59 Å². The monoisotopic (exact) mass is 394 g/mol. The standard InChI is InChI=1S/C18H16Cl2N2O4/c1-17(15(23)24)9-18(16(25)26,21-12-5-2-10(19)3-6-12)13-8-11(20)4-7-14(13)22-17/h2-8,21-22H,9H2,1H3,(H,23,24)(H,25,26). The fourth-order valence-corrected chi connectivity index (χ4v) is 3.51. The van der Waals surface area contributed by atoms with E-state index in [0.29, 0.717) is 27.0 Å². The molecule has 1 aliphatic rings. The molecule has 1 heterocycles. The first kappa shape index (κ1) is 18.4. The van der Waals surface area contributed by atoms with Gasteiger partial charge in [-0.15, -0.1) is 0 Å². The van der Waals surface area contributed by atoms with E-state index in [9.17, 15) is 19.8 Å². The molecule has 8 heteroatoms. The summed E-state index contributed by atoms with van der Waals surface area (Å²) in [5, 5.41) is 26.5. The molecule has 0 radical (unpaired) electrons. The fraction of sp³-hybridized carbons (Fsp3) is 0.222. The number of carbonyl (C=O) groups is 2. The van der Waals surface area contributed by atoms with Gasteiger partial charge >= 0.3 is 11.9 Å². The maximum atomic E-state index is 12.4. The molecule has 2 aromatic carbocycles. The van der Waals surface area contributed by atoms with Crippen LogP contribution in [0.25, 0.3) is 0 Å². The normalized spacial score (nSPS) is 24.3. The zero-order valence-corrected chi connectivity index (χ0v) is 15.2. The summed E-state index contributed by atoms with van der Waals surface area (Å²) in [7, 11) is 0. The number of hydrogen-bond donors (Lipinski definition) is 4. The van der Waals surface area contributed by atoms with E-state index in [2.05, 4.69) is 10.6 Å². The van der Waals surface area contributed by atoms with Gasteiger partial charge in [0.2, 0.25) is 0 Å². The number of aliphatic carboxylic acids is 2. The molecule has 0 aromatic heterocycles. The first-order valence-electron chi connectivity index (χ1n) is 7.75. The van der Waals surface area contributed by atoms with Gasteiger partial charge in [0.25, 0.3) is 0 Å². The summed E-state index contributed by atoms with van der Waals surface area (Å²) in [6.07, 6.45) is -0.235. The van der Waals surface area contributed by atoms with E-state index in [1.807, 2.05) is 0 Å². The van der Waals surface area contributed by atoms with Gasteiger partial charge < -0.3 is 20.8 Å². The van der Waals surface area contributed by atoms with Gasteiger partial charge in [-0.3, -0.25) is 0 Å². The van der Waals surface area contributed by atoms with Crippen molar-refractivity contribution in [3.63, 3.8) is 0 Å². The van der Waals surface area contributed by atoms with Crippen LogP contribution >= 0.6 is 23.2 Å². The molecular weight excluding hydrogens is 379 g/mol. The van der Waals surface area contributed by atoms with Crippen molar-refractivity contribution in [2.24, 2.45) is 0 Å². The minimum absolute atomic E-state index is 0.235. The summed E-state index contributed by atoms with van der Waals surface area (Å²) in [4.78, 5) is 24.2. The predicted octanol–water partition coefficient (Wildman–Crippen LogP) is 4.04. The lowest BCUT2D eigenvalue weighted by molar-refractivity contribution is -0.147. The molecule has 0 bridgehead atoms. The number of carboxylic acid groups (broad SMARTS) is 2. The van der Waals surface area contributed by atoms with Crippen molar-refractivity contribution < 1.29 is 19.8 Å². The quantitative estimate of drug-likeness (QED) is 0.624. The Kier molecular flexibility index (Phi) is 4.50. The molecule has 0 aliphatic carbocycles. The molecule has 2 unspecified atom stereocenters. The average Bonchev–Trinajstić information content (AvgIpc) is 2.57. The van der Waals surface area contributed by atoms with Gasteiger partial charge in [0.15, 0.2) is 5.54 Å². The summed E-state index contributed by atoms with van der Waals surface area (Å²) in [6, 6.07) is 11.2. The van der Waals surface area contributed by atoms with Crippen LogP contribution in [0.15, 0.2) is 42.5 Å². The van der Waals surface area contributed by atoms with Crippen LogP contribution < -0.4 is 10.6 Å². The maximum Gasteiger partial charge on any atom is 0.334 e. The van der Waals surface area contributed by atoms with E-state index < -0.39 is 23.0 Å². The van der Waals surface area contributed by atoms with Crippen LogP contribution in [0, 0.1) is 0 Å². The van der Waals surface area contributed by atoms with Crippen LogP contribution in [0.2, 0.25) is 10.0 Å². The number of halogens is 2. The summed E-state index contributed by atoms with van der Waals surface area (Å²) in [6.45, 7) is 1.45. The lowest BCUT2D eigenvalue weighted by Crippen LogP contribution is -2.58. The van der Waals surface area contributed by atoms with Crippen LogP contribution in [0.5, 0.6) is 0 Å². The highest BCUT2D eigenvalue weighted by atomic mass is 35.5. The SMILES string of the molecule is CC1(C(=O)O)CC(Nc2ccc(Cl)cc2)(C(=O)O)c2cc(Cl)ccc2N1. The van der Waals surface area contributed by atoms with Gasteiger partial charge in [0, 0.05) is 33.4 Å². The molecule has 2 aromatic rings. The third-order valence-corrected chi connectivity index (χ3v) is 5.00. The number of fused-ring (bicyclic) bond motifs is 1. The van der Waals surface area contributed by atoms with E-state index in [1.54, 1.807) is 36.4 Å². The smallest absolute Gasteiger partial charge is 0.334 e. The Labute approximate surface area is 159 Å². The maximum absolute atomic E-state index is 12.4. The Balaban J connectivity index is 2.20. The number of nitrogens with one attached hydrogen (secondary N) is 2. The van der Waals surface area contributed by atoms with Crippen molar-refractivity contribution in [3.8, 4) is 0 Å². The summed E-state index contributed by atoms with van der Waals surface area (Å²) in [5.41, 5.74) is -1.91. The van der Waals surface area contributed by atoms with Gasteiger partial charge in [-0.2, -0.15) is 0 Å². The molecule has 6 nitrogen and oxygen atoms in total. The van der Waals surface area contributed by atoms with Crippen LogP contribution in [-0.4, -0.2) is 27.7 Å². The molecule has 26 heavy (non-hydrogen) atoms. The Morgan fingerprint density at radius 3 is 2.23 bits per heavy atom. The van der Waals surface area contributed by atoms with Crippen LogP contribution in [0.3, 0.4) is 0 Å². The van der Waals surface area contributed by atoms with Crippen molar-refractivity contribution in [2.75, 3.05) is 10.6 Å². The topological polar surface area (TPSA) is 98.7 Å². The molecule has 4 N–H and O–H groups in total. The number of carboxylic acids is 2. The minimum Gasteiger partial charge on any atom is -0.480 e. The first-order valence-corrected chi connectivity index (χ1v) is 8.51. The molecule has 3 rings (SSSR count). The van der Waals surface area contributed by atoms with Gasteiger partial charge in [0.05, 0.1) is 0 Å². The summed E-state index contributed by atoms with van der Waals surface area (Å²) >= 11 is 12.0. The minimum atomic E-state index is -1.69. The molecule has 0 saturated heterocycles. The highest BCUT2D eigenvalue weighted by Gasteiger charge is 2.54. The molecule has 136 valence electrons. The average molecular weight is 395 g/mol. The Hall–Kier alpha value is -2.44. The molecule has 0 fully saturated rings. The zero-order valence-electron chi connectivity index (χ0n) is 13.7. The van der Waals surface area contributed by atoms with Crippen LogP contribution in [0.4, 0.5) is 11.4 Å². The predicted molar refractivity (Wildman–Crippen MR) is 100 cm³/mol. The highest BCUT2D eigenvalue weighted by Crippen LogP contribution is 2.45. The molecule has 0 spiro atoms. The second-order valence-corrected chi connectivity index (χ2v) is 7.34. The zero-order chi connectivity index (χ0) is 19.1. The number of benzene rings is 2. The summed E-state index contributed by atoms with van der Waals surface area (Å²) < 4.78 is 0. The third kappa shape index (κ3) is 3.06. The molecule has 1 aliphatic heterocycles. The number of anilines is 2. The van der Waals surface area contributed by atoms with Crippen molar-refractivity contribution in [1.82, 2.24) is 0 Å². The van der Waals surface area contributed by atoms with Gasteiger partial charge in [-0.1, -0.05) is 23.2 Å². The first-order chi connectivity index (χ1) is 12.2. The third-order valence-electron chi connectivity index (χ3n) is 4.51. The lowest BCUT2D eigenvalue weighted by atomic mass is 9.73. The number of hydrogen-bond acceptors (Lipinski definition) is 4. The van der Waals surface area contributed by atoms with E-state index in [4.69, 9.17) is 23.2 Å². The Morgan fingerprint density at radius 2 is 1.65 bits per heavy atom. The molecular formula is C18H16Cl2N2O4.